The Balaban J connectivity index is 0.00000201. The van der Waals surface area contributed by atoms with Crippen molar-refractivity contribution >= 4 is 35.8 Å². The molecule has 1 aromatic heterocycles. The van der Waals surface area contributed by atoms with Crippen molar-refractivity contribution in [3.8, 4) is 16.9 Å². The molecule has 0 bridgehead atoms. The summed E-state index contributed by atoms with van der Waals surface area (Å²) in [7, 11) is 1.97. The van der Waals surface area contributed by atoms with Crippen LogP contribution >= 0.6 is 11.6 Å². The van der Waals surface area contributed by atoms with Gasteiger partial charge in [-0.3, -0.25) is 0 Å². The van der Waals surface area contributed by atoms with E-state index in [-0.39, 0.29) is 0 Å². The van der Waals surface area contributed by atoms with Crippen molar-refractivity contribution in [3.63, 3.8) is 0 Å². The molecule has 3 rings (SSSR count). The van der Waals surface area contributed by atoms with Crippen molar-refractivity contribution < 1.29 is 14.6 Å². The molecule has 0 saturated carbocycles. The van der Waals surface area contributed by atoms with Crippen LogP contribution in [0.5, 0.6) is 5.75 Å². The SMILES string of the molecule is CC.CC.CC\C(C)=C/C(Cl)=C\C=C\c1cn(C)c(/C=C/c2ccc(-c3ccc(OC(CC)C(=O)O)cc3)cc2)n1. The van der Waals surface area contributed by atoms with Crippen LogP contribution in [0.3, 0.4) is 0 Å². The minimum atomic E-state index is -0.957. The van der Waals surface area contributed by atoms with Crippen LogP contribution in [0.2, 0.25) is 0 Å². The van der Waals surface area contributed by atoms with Crippen LogP contribution in [0, 0.1) is 0 Å². The molecule has 0 radical (unpaired) electrons. The predicted octanol–water partition coefficient (Wildman–Crippen LogP) is 10.0. The molecule has 0 spiro atoms. The smallest absolute Gasteiger partial charge is 0.344 e. The fraction of sp³-hybridized carbons (Fsp3) is 0.314. The third-order valence-electron chi connectivity index (χ3n) is 5.84. The van der Waals surface area contributed by atoms with Gasteiger partial charge in [-0.25, -0.2) is 9.78 Å². The highest BCUT2D eigenvalue weighted by atomic mass is 35.5. The molecule has 220 valence electrons. The van der Waals surface area contributed by atoms with Crippen molar-refractivity contribution in [1.82, 2.24) is 9.55 Å². The molecule has 2 aromatic carbocycles. The maximum atomic E-state index is 11.2. The van der Waals surface area contributed by atoms with Gasteiger partial charge >= 0.3 is 5.97 Å². The number of hydrogen-bond acceptors (Lipinski definition) is 3. The second-order valence-electron chi connectivity index (χ2n) is 8.72. The van der Waals surface area contributed by atoms with Gasteiger partial charge in [0.15, 0.2) is 6.10 Å². The van der Waals surface area contributed by atoms with Crippen LogP contribution in [0.15, 0.2) is 83.6 Å². The summed E-state index contributed by atoms with van der Waals surface area (Å²) < 4.78 is 7.52. The third-order valence-corrected chi connectivity index (χ3v) is 6.08. The van der Waals surface area contributed by atoms with E-state index in [1.807, 2.05) is 94.1 Å². The van der Waals surface area contributed by atoms with E-state index in [2.05, 4.69) is 43.1 Å². The van der Waals surface area contributed by atoms with Crippen LogP contribution in [0.1, 0.15) is 78.4 Å². The van der Waals surface area contributed by atoms with Gasteiger partial charge in [0.1, 0.15) is 11.6 Å². The minimum absolute atomic E-state index is 0.408. The summed E-state index contributed by atoms with van der Waals surface area (Å²) in [5.41, 5.74) is 5.24. The van der Waals surface area contributed by atoms with Gasteiger partial charge in [-0.05, 0) is 72.9 Å². The van der Waals surface area contributed by atoms with Crippen LogP contribution in [0.25, 0.3) is 29.4 Å². The van der Waals surface area contributed by atoms with E-state index in [0.29, 0.717) is 17.2 Å². The number of carboxylic acids is 1. The highest BCUT2D eigenvalue weighted by Gasteiger charge is 2.16. The molecule has 0 saturated heterocycles. The summed E-state index contributed by atoms with van der Waals surface area (Å²) in [6.45, 7) is 14.0. The Labute approximate surface area is 251 Å². The first-order valence-corrected chi connectivity index (χ1v) is 14.7. The Bertz CT molecular complexity index is 1310. The lowest BCUT2D eigenvalue weighted by atomic mass is 10.0. The number of rotatable bonds is 11. The zero-order chi connectivity index (χ0) is 30.8. The lowest BCUT2D eigenvalue weighted by Crippen LogP contribution is -2.25. The molecule has 1 atom stereocenters. The summed E-state index contributed by atoms with van der Waals surface area (Å²) in [6.07, 6.45) is 14.2. The lowest BCUT2D eigenvalue weighted by molar-refractivity contribution is -0.145. The molecule has 0 amide bonds. The average Bonchev–Trinajstić information content (AvgIpc) is 3.35. The van der Waals surface area contributed by atoms with E-state index in [4.69, 9.17) is 21.4 Å². The normalized spacial score (nSPS) is 12.4. The van der Waals surface area contributed by atoms with Crippen molar-refractivity contribution in [2.75, 3.05) is 0 Å². The predicted molar refractivity (Wildman–Crippen MR) is 176 cm³/mol. The average molecular weight is 577 g/mol. The van der Waals surface area contributed by atoms with Crippen LogP contribution in [-0.2, 0) is 11.8 Å². The molecule has 1 N–H and O–H groups in total. The fourth-order valence-corrected chi connectivity index (χ4v) is 3.78. The zero-order valence-electron chi connectivity index (χ0n) is 25.7. The van der Waals surface area contributed by atoms with Crippen molar-refractivity contribution in [2.45, 2.75) is 67.4 Å². The number of aliphatic carboxylic acids is 1. The highest BCUT2D eigenvalue weighted by molar-refractivity contribution is 6.31. The van der Waals surface area contributed by atoms with Crippen molar-refractivity contribution in [2.24, 2.45) is 7.05 Å². The zero-order valence-corrected chi connectivity index (χ0v) is 26.4. The Morgan fingerprint density at radius 1 is 0.976 bits per heavy atom. The van der Waals surface area contributed by atoms with Gasteiger partial charge in [0.2, 0.25) is 0 Å². The second kappa shape index (κ2) is 19.3. The first-order chi connectivity index (χ1) is 19.8. The second-order valence-corrected chi connectivity index (χ2v) is 9.16. The summed E-state index contributed by atoms with van der Waals surface area (Å²) >= 11 is 6.24. The van der Waals surface area contributed by atoms with Gasteiger partial charge in [-0.2, -0.15) is 0 Å². The minimum Gasteiger partial charge on any atom is -0.479 e. The number of ether oxygens (including phenoxy) is 1. The summed E-state index contributed by atoms with van der Waals surface area (Å²) in [6, 6.07) is 15.7. The number of benzene rings is 2. The van der Waals surface area contributed by atoms with Gasteiger partial charge in [0, 0.05) is 18.3 Å². The Kier molecular flexibility index (Phi) is 16.6. The lowest BCUT2D eigenvalue weighted by Gasteiger charge is -2.13. The molecule has 1 unspecified atom stereocenters. The molecule has 3 aromatic rings. The van der Waals surface area contributed by atoms with E-state index in [1.54, 1.807) is 19.1 Å². The molecule has 5 nitrogen and oxygen atoms in total. The van der Waals surface area contributed by atoms with E-state index >= 15 is 0 Å². The monoisotopic (exact) mass is 576 g/mol. The number of nitrogens with zero attached hydrogens (tertiary/aromatic N) is 2. The molecule has 0 aliphatic carbocycles. The summed E-state index contributed by atoms with van der Waals surface area (Å²) in [4.78, 5) is 15.8. The van der Waals surface area contributed by atoms with E-state index in [9.17, 15) is 4.79 Å². The number of carbonyl (C=O) groups is 1. The third kappa shape index (κ3) is 12.1. The van der Waals surface area contributed by atoms with E-state index < -0.39 is 12.1 Å². The summed E-state index contributed by atoms with van der Waals surface area (Å²) in [5.74, 6) is 0.438. The number of allylic oxidation sites excluding steroid dienone is 5. The number of carboxylic acid groups (broad SMARTS) is 1. The van der Waals surface area contributed by atoms with Gasteiger partial charge in [0.25, 0.3) is 0 Å². The molecule has 6 heteroatoms. The molecular formula is C35H45ClN2O3. The van der Waals surface area contributed by atoms with Crippen LogP contribution in [-0.4, -0.2) is 26.7 Å². The fourth-order valence-electron chi connectivity index (χ4n) is 3.52. The van der Waals surface area contributed by atoms with E-state index in [1.165, 1.54) is 5.57 Å². The molecule has 0 fully saturated rings. The van der Waals surface area contributed by atoms with Crippen LogP contribution in [0.4, 0.5) is 0 Å². The maximum absolute atomic E-state index is 11.2. The van der Waals surface area contributed by atoms with Crippen molar-refractivity contribution in [3.05, 3.63) is 101 Å². The maximum Gasteiger partial charge on any atom is 0.344 e. The van der Waals surface area contributed by atoms with Gasteiger partial charge in [-0.1, -0.05) is 107 Å². The number of aromatic nitrogens is 2. The molecular weight excluding hydrogens is 532 g/mol. The summed E-state index contributed by atoms with van der Waals surface area (Å²) in [5, 5.41) is 9.86. The number of aryl methyl sites for hydroxylation is 1. The molecule has 1 heterocycles. The first kappa shape index (κ1) is 35.2. The topological polar surface area (TPSA) is 64.3 Å². The Morgan fingerprint density at radius 2 is 1.56 bits per heavy atom. The standard InChI is InChI=1S/C31H33ClN2O3.2C2H6/c1-5-22(3)20-26(32)8-7-9-27-21-34(4)30(33-27)19-12-23-10-13-24(14-11-23)25-15-17-28(18-16-25)37-29(6-2)31(35)36;2*1-2/h7-21,29H,5-6H2,1-4H3,(H,35,36);2*1-2H3/b9-7+,19-12+,22-20-,26-8+;;. The largest absolute Gasteiger partial charge is 0.479 e. The highest BCUT2D eigenvalue weighted by Crippen LogP contribution is 2.24. The van der Waals surface area contributed by atoms with Gasteiger partial charge in [-0.15, -0.1) is 0 Å². The van der Waals surface area contributed by atoms with E-state index in [0.717, 1.165) is 34.6 Å². The van der Waals surface area contributed by atoms with Crippen molar-refractivity contribution in [1.29, 1.82) is 0 Å². The number of imidazole rings is 1. The molecule has 0 aliphatic rings. The molecule has 41 heavy (non-hydrogen) atoms. The van der Waals surface area contributed by atoms with Gasteiger partial charge < -0.3 is 14.4 Å². The Morgan fingerprint density at radius 3 is 2.10 bits per heavy atom. The first-order valence-electron chi connectivity index (χ1n) is 14.3. The van der Waals surface area contributed by atoms with Crippen LogP contribution < -0.4 is 4.74 Å². The number of hydrogen-bond donors (Lipinski definition) is 1. The number of halogens is 1. The molecule has 0 aliphatic heterocycles. The quantitative estimate of drug-likeness (QED) is 0.231. The van der Waals surface area contributed by atoms with Gasteiger partial charge in [0.05, 0.1) is 5.69 Å². The Hall–Kier alpha value is -3.83.